The zero-order chi connectivity index (χ0) is 20.2. The number of aromatic nitrogens is 1. The van der Waals surface area contributed by atoms with Crippen LogP contribution in [0.5, 0.6) is 5.75 Å². The Morgan fingerprint density at radius 3 is 2.38 bits per heavy atom. The second-order valence-corrected chi connectivity index (χ2v) is 7.35. The van der Waals surface area contributed by atoms with E-state index in [-0.39, 0.29) is 5.91 Å². The fraction of sp³-hybridized carbons (Fsp3) is 0.0833. The molecule has 0 aliphatic heterocycles. The van der Waals surface area contributed by atoms with Gasteiger partial charge in [-0.15, -0.1) is 11.3 Å². The largest absolute Gasteiger partial charge is 0.495 e. The summed E-state index contributed by atoms with van der Waals surface area (Å²) in [6, 6.07) is 25.3. The standard InChI is InChI=1S/C24H20N2O2S/c1-17-10-6-7-13-19(17)23(27)25-24-26(20-14-8-9-15-22(20)28-2)21(16-29-24)18-11-4-3-5-12-18/h3-16H,1-2H3. The SMILES string of the molecule is COc1ccccc1-n1c(-c2ccccc2)csc1=NC(=O)c1ccccc1C. The van der Waals surface area contributed by atoms with Gasteiger partial charge >= 0.3 is 0 Å². The first-order valence-corrected chi connectivity index (χ1v) is 10.1. The molecule has 0 saturated heterocycles. The van der Waals surface area contributed by atoms with Crippen molar-refractivity contribution in [1.29, 1.82) is 0 Å². The van der Waals surface area contributed by atoms with Crippen LogP contribution in [0.15, 0.2) is 89.2 Å². The molecule has 0 aliphatic rings. The molecule has 0 unspecified atom stereocenters. The quantitative estimate of drug-likeness (QED) is 0.469. The third-order valence-corrected chi connectivity index (χ3v) is 5.50. The zero-order valence-corrected chi connectivity index (χ0v) is 17.0. The van der Waals surface area contributed by atoms with Crippen molar-refractivity contribution in [1.82, 2.24) is 4.57 Å². The summed E-state index contributed by atoms with van der Waals surface area (Å²) in [7, 11) is 1.64. The van der Waals surface area contributed by atoms with Gasteiger partial charge in [-0.2, -0.15) is 4.99 Å². The van der Waals surface area contributed by atoms with E-state index in [0.717, 1.165) is 22.5 Å². The van der Waals surface area contributed by atoms with E-state index in [1.54, 1.807) is 13.2 Å². The molecule has 1 amide bonds. The number of hydrogen-bond donors (Lipinski definition) is 0. The Balaban J connectivity index is 1.95. The predicted molar refractivity (Wildman–Crippen MR) is 117 cm³/mol. The van der Waals surface area contributed by atoms with Crippen molar-refractivity contribution in [2.75, 3.05) is 7.11 Å². The Hall–Kier alpha value is -3.44. The lowest BCUT2D eigenvalue weighted by molar-refractivity contribution is 0.0997. The minimum absolute atomic E-state index is 0.256. The molecule has 0 bridgehead atoms. The number of aryl methyl sites for hydroxylation is 1. The summed E-state index contributed by atoms with van der Waals surface area (Å²) in [5.74, 6) is 0.459. The van der Waals surface area contributed by atoms with Crippen LogP contribution in [0.4, 0.5) is 0 Å². The van der Waals surface area contributed by atoms with E-state index in [2.05, 4.69) is 4.99 Å². The lowest BCUT2D eigenvalue weighted by atomic mass is 10.1. The van der Waals surface area contributed by atoms with Crippen LogP contribution in [0.25, 0.3) is 16.9 Å². The first kappa shape index (κ1) is 18.9. The molecule has 0 N–H and O–H groups in total. The fourth-order valence-corrected chi connectivity index (χ4v) is 4.10. The summed E-state index contributed by atoms with van der Waals surface area (Å²) < 4.78 is 7.56. The minimum atomic E-state index is -0.256. The number of para-hydroxylation sites is 2. The average Bonchev–Trinajstić information content (AvgIpc) is 3.17. The topological polar surface area (TPSA) is 43.6 Å². The first-order valence-electron chi connectivity index (χ1n) is 9.23. The van der Waals surface area contributed by atoms with Gasteiger partial charge in [-0.25, -0.2) is 0 Å². The second kappa shape index (κ2) is 8.29. The third kappa shape index (κ3) is 3.77. The van der Waals surface area contributed by atoms with E-state index in [0.29, 0.717) is 16.1 Å². The van der Waals surface area contributed by atoms with Crippen molar-refractivity contribution >= 4 is 17.2 Å². The molecule has 1 heterocycles. The van der Waals surface area contributed by atoms with E-state index < -0.39 is 0 Å². The van der Waals surface area contributed by atoms with Crippen molar-refractivity contribution in [3.05, 3.63) is 100 Å². The minimum Gasteiger partial charge on any atom is -0.495 e. The molecule has 4 nitrogen and oxygen atoms in total. The first-order chi connectivity index (χ1) is 14.2. The lowest BCUT2D eigenvalue weighted by Crippen LogP contribution is -2.17. The summed E-state index contributed by atoms with van der Waals surface area (Å²) in [4.78, 5) is 18.0. The highest BCUT2D eigenvalue weighted by Gasteiger charge is 2.15. The smallest absolute Gasteiger partial charge is 0.279 e. The normalized spacial score (nSPS) is 11.4. The number of methoxy groups -OCH3 is 1. The average molecular weight is 401 g/mol. The highest BCUT2D eigenvalue weighted by molar-refractivity contribution is 7.07. The van der Waals surface area contributed by atoms with E-state index in [1.165, 1.54) is 11.3 Å². The van der Waals surface area contributed by atoms with E-state index >= 15 is 0 Å². The molecule has 1 aromatic heterocycles. The molecule has 0 aliphatic carbocycles. The van der Waals surface area contributed by atoms with Crippen molar-refractivity contribution in [3.63, 3.8) is 0 Å². The molecular weight excluding hydrogens is 380 g/mol. The van der Waals surface area contributed by atoms with Crippen molar-refractivity contribution < 1.29 is 9.53 Å². The molecule has 4 rings (SSSR count). The number of hydrogen-bond acceptors (Lipinski definition) is 3. The maximum atomic E-state index is 12.9. The monoisotopic (exact) mass is 400 g/mol. The van der Waals surface area contributed by atoms with Crippen LogP contribution in [-0.2, 0) is 0 Å². The summed E-state index contributed by atoms with van der Waals surface area (Å²) in [6.07, 6.45) is 0. The van der Waals surface area contributed by atoms with E-state index in [1.807, 2.05) is 89.7 Å². The zero-order valence-electron chi connectivity index (χ0n) is 16.2. The molecular formula is C24H20N2O2S. The Morgan fingerprint density at radius 2 is 1.62 bits per heavy atom. The van der Waals surface area contributed by atoms with Gasteiger partial charge in [0, 0.05) is 10.9 Å². The number of rotatable bonds is 4. The van der Waals surface area contributed by atoms with Crippen LogP contribution >= 0.6 is 11.3 Å². The Labute approximate surface area is 173 Å². The number of amides is 1. The van der Waals surface area contributed by atoms with Gasteiger partial charge in [-0.3, -0.25) is 9.36 Å². The number of ether oxygens (including phenoxy) is 1. The summed E-state index contributed by atoms with van der Waals surface area (Å²) in [6.45, 7) is 1.92. The number of carbonyl (C=O) groups excluding carboxylic acids is 1. The molecule has 29 heavy (non-hydrogen) atoms. The van der Waals surface area contributed by atoms with Crippen LogP contribution in [0.2, 0.25) is 0 Å². The van der Waals surface area contributed by atoms with Gasteiger partial charge < -0.3 is 4.74 Å². The van der Waals surface area contributed by atoms with Gasteiger partial charge in [-0.1, -0.05) is 60.7 Å². The van der Waals surface area contributed by atoms with Gasteiger partial charge in [-0.05, 0) is 36.2 Å². The van der Waals surface area contributed by atoms with Gasteiger partial charge in [0.25, 0.3) is 5.91 Å². The molecule has 0 spiro atoms. The third-order valence-electron chi connectivity index (χ3n) is 4.68. The van der Waals surface area contributed by atoms with Gasteiger partial charge in [0.15, 0.2) is 4.80 Å². The van der Waals surface area contributed by atoms with Crippen molar-refractivity contribution in [3.8, 4) is 22.7 Å². The predicted octanol–water partition coefficient (Wildman–Crippen LogP) is 5.26. The van der Waals surface area contributed by atoms with Crippen LogP contribution < -0.4 is 9.54 Å². The van der Waals surface area contributed by atoms with Crippen molar-refractivity contribution in [2.24, 2.45) is 4.99 Å². The van der Waals surface area contributed by atoms with Gasteiger partial charge in [0.1, 0.15) is 5.75 Å². The fourth-order valence-electron chi connectivity index (χ4n) is 3.21. The summed E-state index contributed by atoms with van der Waals surface area (Å²) in [5, 5.41) is 2.02. The Kier molecular flexibility index (Phi) is 5.40. The van der Waals surface area contributed by atoms with Crippen LogP contribution in [0.3, 0.4) is 0 Å². The summed E-state index contributed by atoms with van der Waals surface area (Å²) >= 11 is 1.43. The highest BCUT2D eigenvalue weighted by atomic mass is 32.1. The molecule has 144 valence electrons. The molecule has 0 radical (unpaired) electrons. The van der Waals surface area contributed by atoms with E-state index in [4.69, 9.17) is 4.74 Å². The van der Waals surface area contributed by atoms with Crippen LogP contribution in [0.1, 0.15) is 15.9 Å². The Morgan fingerprint density at radius 1 is 0.931 bits per heavy atom. The number of nitrogens with zero attached hydrogens (tertiary/aromatic N) is 2. The molecule has 0 saturated carbocycles. The number of benzene rings is 3. The molecule has 4 aromatic rings. The van der Waals surface area contributed by atoms with Gasteiger partial charge in [0.2, 0.25) is 0 Å². The maximum Gasteiger partial charge on any atom is 0.279 e. The Bertz CT molecular complexity index is 1220. The summed E-state index contributed by atoms with van der Waals surface area (Å²) in [5.41, 5.74) is 4.35. The maximum absolute atomic E-state index is 12.9. The molecule has 3 aromatic carbocycles. The van der Waals surface area contributed by atoms with Crippen LogP contribution in [0, 0.1) is 6.92 Å². The highest BCUT2D eigenvalue weighted by Crippen LogP contribution is 2.28. The van der Waals surface area contributed by atoms with Gasteiger partial charge in [0.05, 0.1) is 18.5 Å². The molecule has 0 fully saturated rings. The lowest BCUT2D eigenvalue weighted by Gasteiger charge is -2.13. The molecule has 0 atom stereocenters. The number of thiazole rings is 1. The molecule has 5 heteroatoms. The van der Waals surface area contributed by atoms with Crippen LogP contribution in [-0.4, -0.2) is 17.6 Å². The van der Waals surface area contributed by atoms with E-state index in [9.17, 15) is 4.79 Å². The number of carbonyl (C=O) groups is 1. The van der Waals surface area contributed by atoms with Crippen molar-refractivity contribution in [2.45, 2.75) is 6.92 Å². The second-order valence-electron chi connectivity index (χ2n) is 6.51.